The van der Waals surface area contributed by atoms with Crippen LogP contribution in [0.3, 0.4) is 0 Å². The second-order valence-electron chi connectivity index (χ2n) is 3.82. The molecule has 1 aromatic heterocycles. The minimum absolute atomic E-state index is 0.227. The molecule has 0 saturated carbocycles. The number of thiazole rings is 1. The Bertz CT molecular complexity index is 327. The number of aromatic nitrogens is 1. The van der Waals surface area contributed by atoms with Crippen LogP contribution in [0, 0.1) is 0 Å². The molecule has 0 radical (unpaired) electrons. The number of ether oxygens (including phenoxy) is 1. The van der Waals surface area contributed by atoms with E-state index in [1.165, 1.54) is 6.20 Å². The first-order chi connectivity index (χ1) is 6.38. The molecule has 0 aliphatic heterocycles. The SMILES string of the molecule is CC(C)(C)OCc1ncc(C(=O)O)s1. The third-order valence-corrected chi connectivity index (χ3v) is 2.35. The van der Waals surface area contributed by atoms with Crippen LogP contribution in [-0.2, 0) is 11.3 Å². The summed E-state index contributed by atoms with van der Waals surface area (Å²) in [5.74, 6) is -0.940. The fourth-order valence-corrected chi connectivity index (χ4v) is 1.42. The zero-order chi connectivity index (χ0) is 10.8. The summed E-state index contributed by atoms with van der Waals surface area (Å²) >= 11 is 1.15. The number of hydrogen-bond acceptors (Lipinski definition) is 4. The fraction of sp³-hybridized carbons (Fsp3) is 0.556. The second kappa shape index (κ2) is 4.06. The van der Waals surface area contributed by atoms with Gasteiger partial charge in [0.25, 0.3) is 0 Å². The maximum Gasteiger partial charge on any atom is 0.347 e. The van der Waals surface area contributed by atoms with Crippen molar-refractivity contribution < 1.29 is 14.6 Å². The predicted molar refractivity (Wildman–Crippen MR) is 53.6 cm³/mol. The van der Waals surface area contributed by atoms with Crippen molar-refractivity contribution in [1.29, 1.82) is 0 Å². The lowest BCUT2D eigenvalue weighted by Gasteiger charge is -2.18. The van der Waals surface area contributed by atoms with Crippen molar-refractivity contribution >= 4 is 17.3 Å². The van der Waals surface area contributed by atoms with Crippen LogP contribution in [0.2, 0.25) is 0 Å². The lowest BCUT2D eigenvalue weighted by molar-refractivity contribution is -0.0150. The van der Waals surface area contributed by atoms with Gasteiger partial charge in [0.2, 0.25) is 0 Å². The van der Waals surface area contributed by atoms with E-state index in [-0.39, 0.29) is 10.5 Å². The summed E-state index contributed by atoms with van der Waals surface area (Å²) in [7, 11) is 0. The van der Waals surface area contributed by atoms with E-state index in [0.29, 0.717) is 11.6 Å². The quantitative estimate of drug-likeness (QED) is 0.839. The Morgan fingerprint density at radius 2 is 2.29 bits per heavy atom. The summed E-state index contributed by atoms with van der Waals surface area (Å²) in [6.45, 7) is 6.19. The van der Waals surface area contributed by atoms with Gasteiger partial charge >= 0.3 is 5.97 Å². The van der Waals surface area contributed by atoms with Gasteiger partial charge in [-0.05, 0) is 20.8 Å². The Hall–Kier alpha value is -0.940. The Labute approximate surface area is 86.6 Å². The van der Waals surface area contributed by atoms with Crippen molar-refractivity contribution in [3.05, 3.63) is 16.1 Å². The van der Waals surface area contributed by atoms with Crippen LogP contribution in [0.5, 0.6) is 0 Å². The monoisotopic (exact) mass is 215 g/mol. The molecule has 0 saturated heterocycles. The average molecular weight is 215 g/mol. The van der Waals surface area contributed by atoms with Crippen LogP contribution in [0.1, 0.15) is 35.5 Å². The van der Waals surface area contributed by atoms with Crippen molar-refractivity contribution in [3.8, 4) is 0 Å². The maximum absolute atomic E-state index is 10.5. The first kappa shape index (κ1) is 11.1. The molecule has 5 heteroatoms. The van der Waals surface area contributed by atoms with Gasteiger partial charge in [-0.1, -0.05) is 0 Å². The number of rotatable bonds is 3. The molecule has 0 spiro atoms. The van der Waals surface area contributed by atoms with Gasteiger partial charge in [-0.3, -0.25) is 0 Å². The van der Waals surface area contributed by atoms with Gasteiger partial charge in [0.1, 0.15) is 9.88 Å². The first-order valence-electron chi connectivity index (χ1n) is 4.20. The Morgan fingerprint density at radius 1 is 1.64 bits per heavy atom. The molecule has 0 atom stereocenters. The Kier molecular flexibility index (Phi) is 3.23. The molecule has 14 heavy (non-hydrogen) atoms. The number of carboxylic acid groups (broad SMARTS) is 1. The van der Waals surface area contributed by atoms with Crippen LogP contribution in [0.25, 0.3) is 0 Å². The van der Waals surface area contributed by atoms with Gasteiger partial charge in [-0.2, -0.15) is 0 Å². The van der Waals surface area contributed by atoms with Crippen molar-refractivity contribution in [3.63, 3.8) is 0 Å². The third kappa shape index (κ3) is 3.43. The standard InChI is InChI=1S/C9H13NO3S/c1-9(2,3)13-5-7-10-4-6(14-7)8(11)12/h4H,5H2,1-3H3,(H,11,12). The molecule has 78 valence electrons. The van der Waals surface area contributed by atoms with Crippen molar-refractivity contribution in [2.45, 2.75) is 33.0 Å². The summed E-state index contributed by atoms with van der Waals surface area (Å²) < 4.78 is 5.46. The van der Waals surface area contributed by atoms with Crippen LogP contribution in [0.4, 0.5) is 0 Å². The van der Waals surface area contributed by atoms with Gasteiger partial charge in [0.05, 0.1) is 18.4 Å². The largest absolute Gasteiger partial charge is 0.477 e. The number of carbonyl (C=O) groups is 1. The molecule has 0 unspecified atom stereocenters. The predicted octanol–water partition coefficient (Wildman–Crippen LogP) is 2.16. The van der Waals surface area contributed by atoms with Crippen molar-refractivity contribution in [2.75, 3.05) is 0 Å². The van der Waals surface area contributed by atoms with Crippen LogP contribution in [-0.4, -0.2) is 21.7 Å². The van der Waals surface area contributed by atoms with Gasteiger partial charge in [0, 0.05) is 0 Å². The summed E-state index contributed by atoms with van der Waals surface area (Å²) in [5.41, 5.74) is -0.227. The van der Waals surface area contributed by atoms with E-state index in [9.17, 15) is 4.79 Å². The smallest absolute Gasteiger partial charge is 0.347 e. The average Bonchev–Trinajstić information content (AvgIpc) is 2.47. The van der Waals surface area contributed by atoms with Gasteiger partial charge in [-0.25, -0.2) is 9.78 Å². The van der Waals surface area contributed by atoms with Gasteiger partial charge < -0.3 is 9.84 Å². The zero-order valence-corrected chi connectivity index (χ0v) is 9.22. The van der Waals surface area contributed by atoms with Crippen molar-refractivity contribution in [2.24, 2.45) is 0 Å². The number of hydrogen-bond donors (Lipinski definition) is 1. The second-order valence-corrected chi connectivity index (χ2v) is 4.94. The highest BCUT2D eigenvalue weighted by Crippen LogP contribution is 2.17. The number of carboxylic acids is 1. The van der Waals surface area contributed by atoms with E-state index < -0.39 is 5.97 Å². The molecule has 1 heterocycles. The molecule has 1 aromatic rings. The van der Waals surface area contributed by atoms with Crippen LogP contribution in [0.15, 0.2) is 6.20 Å². The minimum atomic E-state index is -0.940. The molecule has 0 fully saturated rings. The van der Waals surface area contributed by atoms with E-state index in [1.54, 1.807) is 0 Å². The fourth-order valence-electron chi connectivity index (χ4n) is 0.754. The molecule has 1 N–H and O–H groups in total. The number of aromatic carboxylic acids is 1. The molecule has 1 rings (SSSR count). The van der Waals surface area contributed by atoms with E-state index >= 15 is 0 Å². The van der Waals surface area contributed by atoms with E-state index in [0.717, 1.165) is 11.3 Å². The maximum atomic E-state index is 10.5. The molecular formula is C9H13NO3S. The molecule has 0 bridgehead atoms. The van der Waals surface area contributed by atoms with E-state index in [1.807, 2.05) is 20.8 Å². The zero-order valence-electron chi connectivity index (χ0n) is 8.40. The van der Waals surface area contributed by atoms with Gasteiger partial charge in [0.15, 0.2) is 0 Å². The summed E-state index contributed by atoms with van der Waals surface area (Å²) in [6.07, 6.45) is 1.36. The Morgan fingerprint density at radius 3 is 2.71 bits per heavy atom. The highest BCUT2D eigenvalue weighted by atomic mass is 32.1. The highest BCUT2D eigenvalue weighted by molar-refractivity contribution is 7.13. The van der Waals surface area contributed by atoms with E-state index in [2.05, 4.69) is 4.98 Å². The Balaban J connectivity index is 2.56. The lowest BCUT2D eigenvalue weighted by Crippen LogP contribution is -2.18. The third-order valence-electron chi connectivity index (χ3n) is 1.39. The topological polar surface area (TPSA) is 59.4 Å². The lowest BCUT2D eigenvalue weighted by atomic mass is 10.2. The normalized spacial score (nSPS) is 11.6. The molecule has 0 aromatic carbocycles. The molecule has 0 aliphatic carbocycles. The molecule has 0 aliphatic rings. The minimum Gasteiger partial charge on any atom is -0.477 e. The van der Waals surface area contributed by atoms with E-state index in [4.69, 9.17) is 9.84 Å². The molecule has 0 amide bonds. The summed E-state index contributed by atoms with van der Waals surface area (Å²) in [6, 6.07) is 0. The number of nitrogens with zero attached hydrogens (tertiary/aromatic N) is 1. The first-order valence-corrected chi connectivity index (χ1v) is 5.02. The highest BCUT2D eigenvalue weighted by Gasteiger charge is 2.13. The summed E-state index contributed by atoms with van der Waals surface area (Å²) in [5, 5.41) is 9.35. The molecule has 4 nitrogen and oxygen atoms in total. The van der Waals surface area contributed by atoms with Crippen LogP contribution < -0.4 is 0 Å². The van der Waals surface area contributed by atoms with Crippen LogP contribution >= 0.6 is 11.3 Å². The molecular weight excluding hydrogens is 202 g/mol. The summed E-state index contributed by atoms with van der Waals surface area (Å²) in [4.78, 5) is 14.7. The van der Waals surface area contributed by atoms with Gasteiger partial charge in [-0.15, -0.1) is 11.3 Å². The van der Waals surface area contributed by atoms with Crippen molar-refractivity contribution in [1.82, 2.24) is 4.98 Å².